The molecule has 1 aliphatic heterocycles. The highest BCUT2D eigenvalue weighted by Crippen LogP contribution is 2.10. The first kappa shape index (κ1) is 10.5. The minimum Gasteiger partial charge on any atom is -0.384 e. The Morgan fingerprint density at radius 1 is 1.33 bits per heavy atom. The Hall–Kier alpha value is -1.03. The zero-order valence-corrected chi connectivity index (χ0v) is 9.45. The van der Waals surface area contributed by atoms with Crippen molar-refractivity contribution in [1.29, 1.82) is 0 Å². The van der Waals surface area contributed by atoms with Gasteiger partial charge in [0.1, 0.15) is 5.82 Å². The minimum atomic E-state index is 0.753. The molecule has 0 unspecified atom stereocenters. The Morgan fingerprint density at radius 2 is 2.07 bits per heavy atom. The molecule has 1 aliphatic rings. The molecule has 84 valence electrons. The summed E-state index contributed by atoms with van der Waals surface area (Å²) in [5.41, 5.74) is 6.85. The van der Waals surface area contributed by atoms with Crippen LogP contribution in [0.5, 0.6) is 0 Å². The zero-order chi connectivity index (χ0) is 10.7. The molecule has 1 fully saturated rings. The van der Waals surface area contributed by atoms with Crippen molar-refractivity contribution in [2.45, 2.75) is 25.7 Å². The van der Waals surface area contributed by atoms with Crippen LogP contribution in [0.1, 0.15) is 25.0 Å². The van der Waals surface area contributed by atoms with Crippen molar-refractivity contribution < 1.29 is 0 Å². The van der Waals surface area contributed by atoms with Crippen LogP contribution in [0.2, 0.25) is 0 Å². The summed E-state index contributed by atoms with van der Waals surface area (Å²) in [6, 6.07) is 1.98. The topological polar surface area (TPSA) is 47.1 Å². The average molecular weight is 208 g/mol. The molecule has 0 aliphatic carbocycles. The van der Waals surface area contributed by atoms with Gasteiger partial charge in [0.2, 0.25) is 0 Å². The van der Waals surface area contributed by atoms with Gasteiger partial charge in [-0.05, 0) is 25.9 Å². The van der Waals surface area contributed by atoms with E-state index in [4.69, 9.17) is 5.73 Å². The molecule has 4 nitrogen and oxygen atoms in total. The second kappa shape index (κ2) is 4.66. The van der Waals surface area contributed by atoms with Crippen molar-refractivity contribution >= 4 is 5.82 Å². The fraction of sp³-hybridized carbons (Fsp3) is 0.727. The third-order valence-electron chi connectivity index (χ3n) is 3.10. The molecule has 0 saturated carbocycles. The summed E-state index contributed by atoms with van der Waals surface area (Å²) < 4.78 is 1.74. The van der Waals surface area contributed by atoms with Gasteiger partial charge in [-0.1, -0.05) is 6.42 Å². The SMILES string of the molecule is Cn1nc(CCN2CCCCC2)cc1N. The van der Waals surface area contributed by atoms with Crippen LogP contribution in [0, 0.1) is 0 Å². The van der Waals surface area contributed by atoms with Crippen LogP contribution in [-0.4, -0.2) is 34.3 Å². The van der Waals surface area contributed by atoms with Crippen LogP contribution in [0.4, 0.5) is 5.82 Å². The molecule has 1 aromatic rings. The molecule has 0 atom stereocenters. The smallest absolute Gasteiger partial charge is 0.121 e. The summed E-state index contributed by atoms with van der Waals surface area (Å²) in [6.07, 6.45) is 5.12. The predicted octanol–water partition coefficient (Wildman–Crippen LogP) is 1.03. The molecule has 1 aromatic heterocycles. The maximum atomic E-state index is 5.74. The second-order valence-electron chi connectivity index (χ2n) is 4.34. The summed E-state index contributed by atoms with van der Waals surface area (Å²) in [7, 11) is 1.89. The van der Waals surface area contributed by atoms with Gasteiger partial charge in [-0.3, -0.25) is 4.68 Å². The number of nitrogen functional groups attached to an aromatic ring is 1. The van der Waals surface area contributed by atoms with E-state index in [-0.39, 0.29) is 0 Å². The van der Waals surface area contributed by atoms with E-state index < -0.39 is 0 Å². The number of nitrogens with zero attached hydrogens (tertiary/aromatic N) is 3. The molecule has 0 radical (unpaired) electrons. The lowest BCUT2D eigenvalue weighted by Crippen LogP contribution is -2.31. The van der Waals surface area contributed by atoms with E-state index in [9.17, 15) is 0 Å². The van der Waals surface area contributed by atoms with Crippen LogP contribution >= 0.6 is 0 Å². The molecule has 0 bridgehead atoms. The molecule has 0 spiro atoms. The summed E-state index contributed by atoms with van der Waals surface area (Å²) >= 11 is 0. The number of anilines is 1. The number of piperidine rings is 1. The standard InChI is InChI=1S/C11H20N4/c1-14-11(12)9-10(13-14)5-8-15-6-3-2-4-7-15/h9H,2-8,12H2,1H3. The molecule has 2 N–H and O–H groups in total. The third kappa shape index (κ3) is 2.72. The van der Waals surface area contributed by atoms with Crippen molar-refractivity contribution in [2.75, 3.05) is 25.4 Å². The van der Waals surface area contributed by atoms with Gasteiger partial charge in [-0.15, -0.1) is 0 Å². The number of nitrogens with two attached hydrogens (primary N) is 1. The van der Waals surface area contributed by atoms with Crippen LogP contribution < -0.4 is 5.73 Å². The number of likely N-dealkylation sites (tertiary alicyclic amines) is 1. The van der Waals surface area contributed by atoms with Crippen LogP contribution in [0.15, 0.2) is 6.07 Å². The van der Waals surface area contributed by atoms with Crippen molar-refractivity contribution in [2.24, 2.45) is 7.05 Å². The molecule has 4 heteroatoms. The molecule has 15 heavy (non-hydrogen) atoms. The Kier molecular flexibility index (Phi) is 3.26. The van der Waals surface area contributed by atoms with Crippen LogP contribution in [0.3, 0.4) is 0 Å². The summed E-state index contributed by atoms with van der Waals surface area (Å²) in [6.45, 7) is 3.63. The Labute approximate surface area is 91.1 Å². The van der Waals surface area contributed by atoms with Gasteiger partial charge < -0.3 is 10.6 Å². The van der Waals surface area contributed by atoms with Gasteiger partial charge in [0.25, 0.3) is 0 Å². The summed E-state index contributed by atoms with van der Waals surface area (Å²) in [4.78, 5) is 2.52. The van der Waals surface area contributed by atoms with E-state index in [2.05, 4.69) is 10.00 Å². The van der Waals surface area contributed by atoms with Crippen molar-refractivity contribution in [3.8, 4) is 0 Å². The molecule has 1 saturated heterocycles. The summed E-state index contributed by atoms with van der Waals surface area (Å²) in [5, 5.41) is 4.36. The summed E-state index contributed by atoms with van der Waals surface area (Å²) in [5.74, 6) is 0.753. The lowest BCUT2D eigenvalue weighted by Gasteiger charge is -2.25. The Balaban J connectivity index is 1.81. The fourth-order valence-electron chi connectivity index (χ4n) is 2.12. The lowest BCUT2D eigenvalue weighted by atomic mass is 10.1. The largest absolute Gasteiger partial charge is 0.384 e. The lowest BCUT2D eigenvalue weighted by molar-refractivity contribution is 0.231. The maximum absolute atomic E-state index is 5.74. The van der Waals surface area contributed by atoms with E-state index in [0.717, 1.165) is 24.5 Å². The van der Waals surface area contributed by atoms with Crippen molar-refractivity contribution in [3.63, 3.8) is 0 Å². The monoisotopic (exact) mass is 208 g/mol. The van der Waals surface area contributed by atoms with E-state index in [1.807, 2.05) is 13.1 Å². The van der Waals surface area contributed by atoms with Gasteiger partial charge in [0.05, 0.1) is 5.69 Å². The van der Waals surface area contributed by atoms with E-state index in [0.29, 0.717) is 0 Å². The van der Waals surface area contributed by atoms with Gasteiger partial charge in [-0.2, -0.15) is 5.10 Å². The maximum Gasteiger partial charge on any atom is 0.121 e. The Morgan fingerprint density at radius 3 is 2.67 bits per heavy atom. The number of hydrogen-bond donors (Lipinski definition) is 1. The first-order chi connectivity index (χ1) is 7.25. The Bertz CT molecular complexity index is 293. The fourth-order valence-corrected chi connectivity index (χ4v) is 2.12. The first-order valence-corrected chi connectivity index (χ1v) is 5.76. The van der Waals surface area contributed by atoms with Gasteiger partial charge in [-0.25, -0.2) is 0 Å². The van der Waals surface area contributed by atoms with Crippen LogP contribution in [-0.2, 0) is 13.5 Å². The molecule has 2 heterocycles. The highest BCUT2D eigenvalue weighted by atomic mass is 15.3. The number of aryl methyl sites for hydroxylation is 1. The van der Waals surface area contributed by atoms with E-state index >= 15 is 0 Å². The number of rotatable bonds is 3. The average Bonchev–Trinajstić information content (AvgIpc) is 2.57. The van der Waals surface area contributed by atoms with Gasteiger partial charge >= 0.3 is 0 Å². The normalized spacial score (nSPS) is 18.2. The van der Waals surface area contributed by atoms with Gasteiger partial charge in [0, 0.05) is 26.1 Å². The highest BCUT2D eigenvalue weighted by Gasteiger charge is 2.10. The molecular formula is C11H20N4. The zero-order valence-electron chi connectivity index (χ0n) is 9.45. The van der Waals surface area contributed by atoms with Gasteiger partial charge in [0.15, 0.2) is 0 Å². The first-order valence-electron chi connectivity index (χ1n) is 5.76. The van der Waals surface area contributed by atoms with Crippen LogP contribution in [0.25, 0.3) is 0 Å². The number of hydrogen-bond acceptors (Lipinski definition) is 3. The quantitative estimate of drug-likeness (QED) is 0.807. The highest BCUT2D eigenvalue weighted by molar-refractivity contribution is 5.30. The molecular weight excluding hydrogens is 188 g/mol. The second-order valence-corrected chi connectivity index (χ2v) is 4.34. The third-order valence-corrected chi connectivity index (χ3v) is 3.10. The van der Waals surface area contributed by atoms with Crippen molar-refractivity contribution in [1.82, 2.24) is 14.7 Å². The van der Waals surface area contributed by atoms with Crippen molar-refractivity contribution in [3.05, 3.63) is 11.8 Å². The minimum absolute atomic E-state index is 0.753. The van der Waals surface area contributed by atoms with E-state index in [1.54, 1.807) is 4.68 Å². The molecule has 2 rings (SSSR count). The molecule has 0 amide bonds. The van der Waals surface area contributed by atoms with E-state index in [1.165, 1.54) is 32.4 Å². The predicted molar refractivity (Wildman–Crippen MR) is 61.6 cm³/mol. The molecule has 0 aromatic carbocycles. The number of aromatic nitrogens is 2.